The van der Waals surface area contributed by atoms with E-state index in [2.05, 4.69) is 36.8 Å². The quantitative estimate of drug-likeness (QED) is 0.743. The second-order valence-electron chi connectivity index (χ2n) is 4.60. The van der Waals surface area contributed by atoms with Crippen molar-refractivity contribution in [2.24, 2.45) is 0 Å². The summed E-state index contributed by atoms with van der Waals surface area (Å²) < 4.78 is 7.95. The van der Waals surface area contributed by atoms with Gasteiger partial charge in [0.15, 0.2) is 5.82 Å². The van der Waals surface area contributed by atoms with Gasteiger partial charge in [-0.25, -0.2) is 0 Å². The number of para-hydroxylation sites is 2. The van der Waals surface area contributed by atoms with Crippen molar-refractivity contribution < 1.29 is 4.74 Å². The lowest BCUT2D eigenvalue weighted by Crippen LogP contribution is -2.00. The van der Waals surface area contributed by atoms with E-state index in [1.165, 1.54) is 0 Å². The fraction of sp³-hybridized carbons (Fsp3) is 0.0625. The zero-order valence-corrected chi connectivity index (χ0v) is 13.9. The minimum absolute atomic E-state index is 0.620. The summed E-state index contributed by atoms with van der Waals surface area (Å²) in [5, 5.41) is 14.9. The molecule has 23 heavy (non-hydrogen) atoms. The average Bonchev–Trinajstić information content (AvgIpc) is 3.04. The Morgan fingerprint density at radius 2 is 1.91 bits per heavy atom. The molecular weight excluding hydrogens is 358 g/mol. The number of methoxy groups -OCH3 is 1. The van der Waals surface area contributed by atoms with Crippen LogP contribution in [0.2, 0.25) is 0 Å². The predicted molar refractivity (Wildman–Crippen MR) is 92.5 cm³/mol. The van der Waals surface area contributed by atoms with Gasteiger partial charge >= 0.3 is 0 Å². The summed E-state index contributed by atoms with van der Waals surface area (Å²) in [7, 11) is 1.64. The molecule has 0 aliphatic rings. The summed E-state index contributed by atoms with van der Waals surface area (Å²) in [4.78, 5) is 0. The third-order valence-electron chi connectivity index (χ3n) is 3.14. The zero-order valence-electron chi connectivity index (χ0n) is 12.3. The average molecular weight is 372 g/mol. The second-order valence-corrected chi connectivity index (χ2v) is 5.52. The topological polar surface area (TPSA) is 64.9 Å². The Bertz CT molecular complexity index is 813. The van der Waals surface area contributed by atoms with E-state index in [1.54, 1.807) is 24.1 Å². The van der Waals surface area contributed by atoms with E-state index < -0.39 is 0 Å². The van der Waals surface area contributed by atoms with Crippen LogP contribution < -0.4 is 10.1 Å². The van der Waals surface area contributed by atoms with Crippen LogP contribution in [0.15, 0.2) is 59.2 Å². The number of halogens is 1. The van der Waals surface area contributed by atoms with E-state index in [4.69, 9.17) is 4.74 Å². The maximum atomic E-state index is 5.29. The molecule has 0 saturated carbocycles. The largest absolute Gasteiger partial charge is 0.495 e. The molecule has 0 bridgehead atoms. The van der Waals surface area contributed by atoms with Gasteiger partial charge in [0.25, 0.3) is 0 Å². The molecule has 1 N–H and O–H groups in total. The first kappa shape index (κ1) is 15.2. The summed E-state index contributed by atoms with van der Waals surface area (Å²) in [6.07, 6.45) is 3.58. The first-order valence-electron chi connectivity index (χ1n) is 6.88. The standard InChI is InChI=1S/C16H14BrN5O/c1-23-15-5-3-2-4-14(15)18-11-10-16-19-20-21-22(16)13-8-6-12(17)7-9-13/h2-11,18H,1H3/b11-10+. The molecule has 7 heteroatoms. The SMILES string of the molecule is COc1ccccc1N/C=C/c1nnnn1-c1ccc(Br)cc1. The number of nitrogens with one attached hydrogen (secondary N) is 1. The summed E-state index contributed by atoms with van der Waals surface area (Å²) in [6.45, 7) is 0. The first-order chi connectivity index (χ1) is 11.3. The number of ether oxygens (including phenoxy) is 1. The molecule has 0 atom stereocenters. The van der Waals surface area contributed by atoms with Gasteiger partial charge in [-0.1, -0.05) is 28.1 Å². The van der Waals surface area contributed by atoms with Crippen LogP contribution in [0.3, 0.4) is 0 Å². The Labute approximate surface area is 141 Å². The van der Waals surface area contributed by atoms with Crippen molar-refractivity contribution in [2.45, 2.75) is 0 Å². The molecule has 0 unspecified atom stereocenters. The molecular formula is C16H14BrN5O. The Kier molecular flexibility index (Phi) is 4.68. The predicted octanol–water partition coefficient (Wildman–Crippen LogP) is 3.52. The number of nitrogens with zero attached hydrogens (tertiary/aromatic N) is 4. The summed E-state index contributed by atoms with van der Waals surface area (Å²) in [5.41, 5.74) is 1.75. The molecule has 116 valence electrons. The smallest absolute Gasteiger partial charge is 0.181 e. The van der Waals surface area contributed by atoms with Crippen LogP contribution in [0.1, 0.15) is 5.82 Å². The van der Waals surface area contributed by atoms with Crippen LogP contribution in [0.25, 0.3) is 11.8 Å². The Hall–Kier alpha value is -2.67. The Morgan fingerprint density at radius 1 is 1.13 bits per heavy atom. The molecule has 0 aliphatic carbocycles. The van der Waals surface area contributed by atoms with Gasteiger partial charge in [-0.15, -0.1) is 5.10 Å². The van der Waals surface area contributed by atoms with E-state index in [0.29, 0.717) is 5.82 Å². The van der Waals surface area contributed by atoms with E-state index in [-0.39, 0.29) is 0 Å². The van der Waals surface area contributed by atoms with Crippen molar-refractivity contribution in [1.82, 2.24) is 20.2 Å². The van der Waals surface area contributed by atoms with Gasteiger partial charge in [-0.3, -0.25) is 0 Å². The molecule has 3 rings (SSSR count). The van der Waals surface area contributed by atoms with Crippen LogP contribution in [-0.2, 0) is 0 Å². The van der Waals surface area contributed by atoms with Crippen LogP contribution in [0.5, 0.6) is 5.75 Å². The van der Waals surface area contributed by atoms with Crippen molar-refractivity contribution in [3.05, 3.63) is 65.0 Å². The number of hydrogen-bond donors (Lipinski definition) is 1. The minimum atomic E-state index is 0.620. The van der Waals surface area contributed by atoms with Crippen molar-refractivity contribution in [2.75, 3.05) is 12.4 Å². The number of rotatable bonds is 5. The maximum absolute atomic E-state index is 5.29. The number of anilines is 1. The minimum Gasteiger partial charge on any atom is -0.495 e. The third-order valence-corrected chi connectivity index (χ3v) is 3.67. The molecule has 3 aromatic rings. The maximum Gasteiger partial charge on any atom is 0.181 e. The molecule has 2 aromatic carbocycles. The van der Waals surface area contributed by atoms with Gasteiger partial charge in [0, 0.05) is 16.7 Å². The van der Waals surface area contributed by atoms with Gasteiger partial charge in [0.05, 0.1) is 18.5 Å². The lowest BCUT2D eigenvalue weighted by Gasteiger charge is -2.07. The highest BCUT2D eigenvalue weighted by Crippen LogP contribution is 2.23. The second kappa shape index (κ2) is 7.06. The van der Waals surface area contributed by atoms with Crippen LogP contribution in [-0.4, -0.2) is 27.3 Å². The van der Waals surface area contributed by atoms with E-state index in [0.717, 1.165) is 21.6 Å². The molecule has 1 aromatic heterocycles. The Balaban J connectivity index is 1.79. The summed E-state index contributed by atoms with van der Waals surface area (Å²) in [6, 6.07) is 15.4. The van der Waals surface area contributed by atoms with Crippen molar-refractivity contribution >= 4 is 27.7 Å². The summed E-state index contributed by atoms with van der Waals surface area (Å²) in [5.74, 6) is 1.39. The highest BCUT2D eigenvalue weighted by molar-refractivity contribution is 9.10. The number of hydrogen-bond acceptors (Lipinski definition) is 5. The van der Waals surface area contributed by atoms with E-state index >= 15 is 0 Å². The van der Waals surface area contributed by atoms with Gasteiger partial charge in [0.2, 0.25) is 0 Å². The summed E-state index contributed by atoms with van der Waals surface area (Å²) >= 11 is 3.41. The monoisotopic (exact) mass is 371 g/mol. The molecule has 0 saturated heterocycles. The third kappa shape index (κ3) is 3.57. The van der Waals surface area contributed by atoms with Crippen LogP contribution in [0.4, 0.5) is 5.69 Å². The number of aromatic nitrogens is 4. The molecule has 0 spiro atoms. The van der Waals surface area contributed by atoms with Crippen LogP contribution in [0, 0.1) is 0 Å². The lowest BCUT2D eigenvalue weighted by molar-refractivity contribution is 0.417. The van der Waals surface area contributed by atoms with E-state index in [1.807, 2.05) is 48.5 Å². The van der Waals surface area contributed by atoms with E-state index in [9.17, 15) is 0 Å². The fourth-order valence-electron chi connectivity index (χ4n) is 2.03. The van der Waals surface area contributed by atoms with Crippen LogP contribution >= 0.6 is 15.9 Å². The molecule has 0 radical (unpaired) electrons. The van der Waals surface area contributed by atoms with Crippen molar-refractivity contribution in [1.29, 1.82) is 0 Å². The van der Waals surface area contributed by atoms with Gasteiger partial charge in [-0.05, 0) is 46.8 Å². The number of benzene rings is 2. The highest BCUT2D eigenvalue weighted by Gasteiger charge is 2.05. The lowest BCUT2D eigenvalue weighted by atomic mass is 10.3. The van der Waals surface area contributed by atoms with Crippen molar-refractivity contribution in [3.63, 3.8) is 0 Å². The van der Waals surface area contributed by atoms with Gasteiger partial charge < -0.3 is 10.1 Å². The fourth-order valence-corrected chi connectivity index (χ4v) is 2.30. The highest BCUT2D eigenvalue weighted by atomic mass is 79.9. The zero-order chi connectivity index (χ0) is 16.1. The normalized spacial score (nSPS) is 10.9. The number of tetrazole rings is 1. The van der Waals surface area contributed by atoms with Gasteiger partial charge in [0.1, 0.15) is 5.75 Å². The van der Waals surface area contributed by atoms with Crippen molar-refractivity contribution in [3.8, 4) is 11.4 Å². The first-order valence-corrected chi connectivity index (χ1v) is 7.67. The molecule has 1 heterocycles. The molecule has 0 fully saturated rings. The molecule has 0 aliphatic heterocycles. The Morgan fingerprint density at radius 3 is 2.70 bits per heavy atom. The van der Waals surface area contributed by atoms with Gasteiger partial charge in [-0.2, -0.15) is 4.68 Å². The molecule has 0 amide bonds. The molecule has 6 nitrogen and oxygen atoms in total.